The van der Waals surface area contributed by atoms with E-state index in [0.29, 0.717) is 0 Å². The fourth-order valence-corrected chi connectivity index (χ4v) is 11.7. The molecule has 7 aromatic carbocycles. The highest BCUT2D eigenvalue weighted by molar-refractivity contribution is 8.03. The van der Waals surface area contributed by atoms with E-state index >= 15 is 0 Å². The van der Waals surface area contributed by atoms with Crippen molar-refractivity contribution in [2.75, 3.05) is 9.80 Å². The number of anilines is 5. The summed E-state index contributed by atoms with van der Waals surface area (Å²) in [6.45, 7) is 0. The maximum Gasteiger partial charge on any atom is 0.0727 e. The molecular weight excluding hydrogens is 681 g/mol. The Labute approximate surface area is 318 Å². The standard InChI is InChI=1S/C49H30N2S2/c1-3-16-35-32(14-1)33-29-28-31(50-39-19-5-9-24-44(39)52-45-25-10-6-20-40(45)50)30-38(33)49(35)36-17-4-2-15-34(36)48-37(49)18-13-23-43(48)51-41-21-7-11-26-46(41)53-47-27-12-8-22-42(47)51/h1-5,7-9,11,13-26,28-30H,12,27H2. The summed E-state index contributed by atoms with van der Waals surface area (Å²) in [6.07, 6.45) is 6.84. The second-order valence-electron chi connectivity index (χ2n) is 14.2. The number of nitrogens with zero attached hydrogens (tertiary/aromatic N) is 2. The largest absolute Gasteiger partial charge is 0.308 e. The molecule has 2 nitrogen and oxygen atoms in total. The lowest BCUT2D eigenvalue weighted by Crippen LogP contribution is -2.27. The highest BCUT2D eigenvalue weighted by Gasteiger charge is 2.53. The minimum absolute atomic E-state index is 0.489. The van der Waals surface area contributed by atoms with Gasteiger partial charge in [0.25, 0.3) is 0 Å². The molecule has 0 saturated heterocycles. The van der Waals surface area contributed by atoms with Gasteiger partial charge in [-0.05, 0) is 100 Å². The van der Waals surface area contributed by atoms with E-state index < -0.39 is 5.41 Å². The van der Waals surface area contributed by atoms with Crippen LogP contribution in [0, 0.1) is 12.1 Å². The molecule has 12 rings (SSSR count). The maximum absolute atomic E-state index is 3.26. The van der Waals surface area contributed by atoms with E-state index in [1.54, 1.807) is 11.8 Å². The molecule has 2 heterocycles. The molecule has 1 unspecified atom stereocenters. The summed E-state index contributed by atoms with van der Waals surface area (Å²) in [4.78, 5) is 10.2. The highest BCUT2D eigenvalue weighted by atomic mass is 32.2. The third-order valence-corrected chi connectivity index (χ3v) is 13.9. The lowest BCUT2D eigenvalue weighted by molar-refractivity contribution is 0.793. The van der Waals surface area contributed by atoms with Gasteiger partial charge in [0.05, 0.1) is 33.9 Å². The van der Waals surface area contributed by atoms with Crippen LogP contribution in [0.3, 0.4) is 0 Å². The summed E-state index contributed by atoms with van der Waals surface area (Å²) in [6, 6.07) is 60.8. The molecule has 0 N–H and O–H groups in total. The van der Waals surface area contributed by atoms with Crippen molar-refractivity contribution in [3.63, 3.8) is 0 Å². The topological polar surface area (TPSA) is 6.48 Å². The number of hydrogen-bond donors (Lipinski definition) is 0. The number of allylic oxidation sites excluding steroid dienone is 3. The first-order valence-corrected chi connectivity index (χ1v) is 19.9. The third kappa shape index (κ3) is 3.94. The molecule has 7 aromatic rings. The number of rotatable bonds is 2. The molecule has 0 fully saturated rings. The van der Waals surface area contributed by atoms with Crippen LogP contribution in [0.25, 0.3) is 22.3 Å². The number of para-hydroxylation sites is 2. The summed E-state index contributed by atoms with van der Waals surface area (Å²) < 4.78 is 0. The molecule has 248 valence electrons. The van der Waals surface area contributed by atoms with Gasteiger partial charge in [-0.15, -0.1) is 0 Å². The quantitative estimate of drug-likeness (QED) is 0.176. The monoisotopic (exact) mass is 710 g/mol. The molecule has 0 radical (unpaired) electrons. The van der Waals surface area contributed by atoms with Crippen LogP contribution >= 0.6 is 23.5 Å². The Morgan fingerprint density at radius 1 is 0.509 bits per heavy atom. The zero-order valence-corrected chi connectivity index (χ0v) is 30.3. The van der Waals surface area contributed by atoms with Gasteiger partial charge in [-0.25, -0.2) is 0 Å². The summed E-state index contributed by atoms with van der Waals surface area (Å²) in [7, 11) is 0. The Bertz CT molecular complexity index is 2730. The molecule has 1 atom stereocenters. The zero-order chi connectivity index (χ0) is 34.7. The first kappa shape index (κ1) is 29.7. The second-order valence-corrected chi connectivity index (χ2v) is 16.4. The molecule has 5 aliphatic rings. The van der Waals surface area contributed by atoms with E-state index in [2.05, 4.69) is 180 Å². The zero-order valence-electron chi connectivity index (χ0n) is 28.6. The van der Waals surface area contributed by atoms with Crippen LogP contribution in [-0.4, -0.2) is 0 Å². The van der Waals surface area contributed by atoms with Crippen LogP contribution in [0.5, 0.6) is 0 Å². The first-order chi connectivity index (χ1) is 26.3. The molecule has 53 heavy (non-hydrogen) atoms. The summed E-state index contributed by atoms with van der Waals surface area (Å²) in [5.74, 6) is 0. The number of thioether (sulfide) groups is 1. The fraction of sp³-hybridized carbons (Fsp3) is 0.0612. The van der Waals surface area contributed by atoms with E-state index in [-0.39, 0.29) is 0 Å². The minimum atomic E-state index is -0.489. The average Bonchev–Trinajstić information content (AvgIpc) is 3.69. The lowest BCUT2D eigenvalue weighted by atomic mass is 9.70. The molecule has 0 amide bonds. The van der Waals surface area contributed by atoms with Gasteiger partial charge < -0.3 is 9.80 Å². The van der Waals surface area contributed by atoms with Crippen molar-refractivity contribution in [2.45, 2.75) is 32.9 Å². The van der Waals surface area contributed by atoms with Gasteiger partial charge in [0, 0.05) is 43.0 Å². The first-order valence-electron chi connectivity index (χ1n) is 18.2. The molecular formula is C49H30N2S2. The smallest absolute Gasteiger partial charge is 0.0727 e. The Morgan fingerprint density at radius 3 is 2.04 bits per heavy atom. The van der Waals surface area contributed by atoms with Crippen molar-refractivity contribution < 1.29 is 0 Å². The molecule has 0 aromatic heterocycles. The third-order valence-electron chi connectivity index (χ3n) is 11.6. The van der Waals surface area contributed by atoms with Gasteiger partial charge in [0.15, 0.2) is 0 Å². The van der Waals surface area contributed by atoms with Crippen LogP contribution in [0.2, 0.25) is 0 Å². The Kier molecular flexibility index (Phi) is 6.20. The second kappa shape index (κ2) is 11.1. The number of hydrogen-bond acceptors (Lipinski definition) is 4. The van der Waals surface area contributed by atoms with E-state index in [0.717, 1.165) is 24.2 Å². The van der Waals surface area contributed by atoms with Crippen LogP contribution in [0.1, 0.15) is 35.1 Å². The van der Waals surface area contributed by atoms with Crippen LogP contribution in [0.15, 0.2) is 183 Å². The van der Waals surface area contributed by atoms with Crippen molar-refractivity contribution in [1.82, 2.24) is 0 Å². The van der Waals surface area contributed by atoms with E-state index in [4.69, 9.17) is 0 Å². The van der Waals surface area contributed by atoms with Crippen LogP contribution in [0.4, 0.5) is 28.4 Å². The molecule has 0 bridgehead atoms. The lowest BCUT2D eigenvalue weighted by Gasteiger charge is -2.37. The van der Waals surface area contributed by atoms with Crippen LogP contribution < -0.4 is 9.80 Å². The van der Waals surface area contributed by atoms with Crippen molar-refractivity contribution in [1.29, 1.82) is 0 Å². The van der Waals surface area contributed by atoms with Gasteiger partial charge in [0.2, 0.25) is 0 Å². The Morgan fingerprint density at radius 2 is 1.17 bits per heavy atom. The Balaban J connectivity index is 1.15. The normalized spacial score (nSPS) is 18.0. The number of fused-ring (bicyclic) bond motifs is 13. The predicted molar refractivity (Wildman–Crippen MR) is 219 cm³/mol. The van der Waals surface area contributed by atoms with E-state index in [9.17, 15) is 0 Å². The number of benzene rings is 6. The molecule has 3 aliphatic carbocycles. The highest BCUT2D eigenvalue weighted by Crippen LogP contribution is 2.66. The van der Waals surface area contributed by atoms with Gasteiger partial charge in [-0.2, -0.15) is 0 Å². The van der Waals surface area contributed by atoms with Crippen LogP contribution in [-0.2, 0) is 5.41 Å². The van der Waals surface area contributed by atoms with Gasteiger partial charge in [-0.3, -0.25) is 0 Å². The molecule has 1 spiro atoms. The van der Waals surface area contributed by atoms with Crippen molar-refractivity contribution in [3.05, 3.63) is 203 Å². The van der Waals surface area contributed by atoms with Gasteiger partial charge >= 0.3 is 0 Å². The Hall–Kier alpha value is -5.86. The van der Waals surface area contributed by atoms with Crippen molar-refractivity contribution in [2.24, 2.45) is 0 Å². The minimum Gasteiger partial charge on any atom is -0.308 e. The fourth-order valence-electron chi connectivity index (χ4n) is 9.54. The predicted octanol–water partition coefficient (Wildman–Crippen LogP) is 13.4. The summed E-state index contributed by atoms with van der Waals surface area (Å²) in [5, 5.41) is 0. The molecule has 2 aliphatic heterocycles. The van der Waals surface area contributed by atoms with Gasteiger partial charge in [-0.1, -0.05) is 133 Å². The SMILES string of the molecule is c1cc2c(cc#1)N(c1ccc3c(c1)C1(c4ccccc4-3)c3ccccc3-c3c(N4C5=C(CCC=C5)Sc5ccccc54)cccc31)c1ccccc1S2. The van der Waals surface area contributed by atoms with E-state index in [1.165, 1.54) is 86.9 Å². The van der Waals surface area contributed by atoms with E-state index in [1.807, 2.05) is 11.8 Å². The summed E-state index contributed by atoms with van der Waals surface area (Å²) in [5.41, 5.74) is 17.4. The molecule has 4 heteroatoms. The van der Waals surface area contributed by atoms with Crippen molar-refractivity contribution >= 4 is 52.0 Å². The maximum atomic E-state index is 3.26. The van der Waals surface area contributed by atoms with Gasteiger partial charge in [0.1, 0.15) is 0 Å². The molecule has 0 saturated carbocycles. The summed E-state index contributed by atoms with van der Waals surface area (Å²) >= 11 is 3.75. The average molecular weight is 711 g/mol. The van der Waals surface area contributed by atoms with Crippen molar-refractivity contribution in [3.8, 4) is 22.3 Å².